The van der Waals surface area contributed by atoms with Crippen LogP contribution in [0.25, 0.3) is 11.3 Å². The quantitative estimate of drug-likeness (QED) is 0.717. The molecule has 0 aliphatic carbocycles. The number of nitrogens with one attached hydrogen (secondary N) is 1. The standard InChI is InChI=1S/C17H12F2N2O2/c1-10(22)11-4-2-5-12(8-11)15-9-20-17(23-15)21-14-7-3-6-13(18)16(14)19/h2-9H,1H3,(H,20,21). The number of anilines is 2. The van der Waals surface area contributed by atoms with Crippen molar-refractivity contribution in [3.63, 3.8) is 0 Å². The monoisotopic (exact) mass is 314 g/mol. The average molecular weight is 314 g/mol. The smallest absolute Gasteiger partial charge is 0.299 e. The molecular formula is C17H12F2N2O2. The number of hydrogen-bond acceptors (Lipinski definition) is 4. The molecule has 3 aromatic rings. The fourth-order valence-electron chi connectivity index (χ4n) is 2.07. The number of halogens is 2. The Labute approximate surface area is 130 Å². The third kappa shape index (κ3) is 3.11. The summed E-state index contributed by atoms with van der Waals surface area (Å²) in [5, 5.41) is 2.58. The summed E-state index contributed by atoms with van der Waals surface area (Å²) in [6, 6.07) is 10.7. The summed E-state index contributed by atoms with van der Waals surface area (Å²) < 4.78 is 32.3. The third-order valence-corrected chi connectivity index (χ3v) is 3.25. The molecule has 0 aliphatic rings. The predicted molar refractivity (Wildman–Crippen MR) is 81.6 cm³/mol. The van der Waals surface area contributed by atoms with Crippen LogP contribution in [0.2, 0.25) is 0 Å². The number of rotatable bonds is 4. The molecule has 116 valence electrons. The van der Waals surface area contributed by atoms with Crippen LogP contribution in [0, 0.1) is 11.6 Å². The van der Waals surface area contributed by atoms with Crippen molar-refractivity contribution in [2.45, 2.75) is 6.92 Å². The Morgan fingerprint density at radius 2 is 1.96 bits per heavy atom. The van der Waals surface area contributed by atoms with E-state index >= 15 is 0 Å². The Balaban J connectivity index is 1.87. The lowest BCUT2D eigenvalue weighted by atomic mass is 10.1. The number of carbonyl (C=O) groups is 1. The Morgan fingerprint density at radius 1 is 1.17 bits per heavy atom. The molecule has 1 heterocycles. The second-order valence-electron chi connectivity index (χ2n) is 4.89. The second-order valence-corrected chi connectivity index (χ2v) is 4.89. The van der Waals surface area contributed by atoms with E-state index in [4.69, 9.17) is 4.42 Å². The fraction of sp³-hybridized carbons (Fsp3) is 0.0588. The van der Waals surface area contributed by atoms with E-state index in [1.165, 1.54) is 25.3 Å². The molecule has 0 aliphatic heterocycles. The summed E-state index contributed by atoms with van der Waals surface area (Å²) in [6.07, 6.45) is 1.44. The van der Waals surface area contributed by atoms with E-state index in [0.717, 1.165) is 6.07 Å². The van der Waals surface area contributed by atoms with Crippen molar-refractivity contribution in [3.05, 3.63) is 65.9 Å². The molecule has 0 amide bonds. The van der Waals surface area contributed by atoms with Gasteiger partial charge < -0.3 is 9.73 Å². The van der Waals surface area contributed by atoms with Crippen LogP contribution in [0.1, 0.15) is 17.3 Å². The number of carbonyl (C=O) groups excluding carboxylic acids is 1. The third-order valence-electron chi connectivity index (χ3n) is 3.25. The molecule has 1 N–H and O–H groups in total. The molecule has 0 bridgehead atoms. The summed E-state index contributed by atoms with van der Waals surface area (Å²) in [5.41, 5.74) is 1.14. The van der Waals surface area contributed by atoms with Crippen LogP contribution in [0.15, 0.2) is 53.1 Å². The molecule has 2 aromatic carbocycles. The van der Waals surface area contributed by atoms with Crippen molar-refractivity contribution in [3.8, 4) is 11.3 Å². The van der Waals surface area contributed by atoms with Crippen LogP contribution < -0.4 is 5.32 Å². The van der Waals surface area contributed by atoms with Crippen molar-refractivity contribution >= 4 is 17.5 Å². The minimum atomic E-state index is -1.01. The van der Waals surface area contributed by atoms with Gasteiger partial charge in [0.05, 0.1) is 11.9 Å². The maximum absolute atomic E-state index is 13.6. The highest BCUT2D eigenvalue weighted by atomic mass is 19.2. The van der Waals surface area contributed by atoms with Gasteiger partial charge in [0.1, 0.15) is 0 Å². The molecule has 0 saturated heterocycles. The van der Waals surface area contributed by atoms with Crippen molar-refractivity contribution in [1.29, 1.82) is 0 Å². The minimum absolute atomic E-state index is 0.0257. The molecule has 6 heteroatoms. The topological polar surface area (TPSA) is 55.1 Å². The number of aromatic nitrogens is 1. The fourth-order valence-corrected chi connectivity index (χ4v) is 2.07. The molecule has 3 rings (SSSR count). The van der Waals surface area contributed by atoms with Gasteiger partial charge in [0, 0.05) is 11.1 Å². The van der Waals surface area contributed by atoms with E-state index in [1.807, 2.05) is 0 Å². The van der Waals surface area contributed by atoms with Gasteiger partial charge in [-0.3, -0.25) is 4.79 Å². The van der Waals surface area contributed by atoms with Gasteiger partial charge >= 0.3 is 0 Å². The van der Waals surface area contributed by atoms with Gasteiger partial charge in [-0.1, -0.05) is 24.3 Å². The summed E-state index contributed by atoms with van der Waals surface area (Å²) in [5.74, 6) is -1.62. The molecule has 23 heavy (non-hydrogen) atoms. The summed E-state index contributed by atoms with van der Waals surface area (Å²) in [6.45, 7) is 1.47. The zero-order chi connectivity index (χ0) is 16.4. The Kier molecular flexibility index (Phi) is 3.89. The first-order valence-corrected chi connectivity index (χ1v) is 6.83. The highest BCUT2D eigenvalue weighted by molar-refractivity contribution is 5.95. The zero-order valence-electron chi connectivity index (χ0n) is 12.1. The van der Waals surface area contributed by atoms with Gasteiger partial charge in [0.15, 0.2) is 23.2 Å². The molecule has 0 unspecified atom stereocenters. The number of hydrogen-bond donors (Lipinski definition) is 1. The lowest BCUT2D eigenvalue weighted by Crippen LogP contribution is -1.95. The van der Waals surface area contributed by atoms with E-state index in [9.17, 15) is 13.6 Å². The van der Waals surface area contributed by atoms with Crippen LogP contribution in [0.5, 0.6) is 0 Å². The SMILES string of the molecule is CC(=O)c1cccc(-c2cnc(Nc3cccc(F)c3F)o2)c1. The Hall–Kier alpha value is -3.02. The van der Waals surface area contributed by atoms with Crippen molar-refractivity contribution in [2.75, 3.05) is 5.32 Å². The minimum Gasteiger partial charge on any atom is -0.423 e. The lowest BCUT2D eigenvalue weighted by Gasteiger charge is -2.03. The number of ketones is 1. The van der Waals surface area contributed by atoms with E-state index in [1.54, 1.807) is 24.3 Å². The van der Waals surface area contributed by atoms with Gasteiger partial charge in [-0.2, -0.15) is 0 Å². The summed E-state index contributed by atoms with van der Waals surface area (Å²) >= 11 is 0. The molecular weight excluding hydrogens is 302 g/mol. The Bertz CT molecular complexity index is 875. The van der Waals surface area contributed by atoms with Crippen molar-refractivity contribution < 1.29 is 18.0 Å². The van der Waals surface area contributed by atoms with E-state index in [-0.39, 0.29) is 17.5 Å². The average Bonchev–Trinajstić information content (AvgIpc) is 3.00. The Morgan fingerprint density at radius 3 is 2.74 bits per heavy atom. The first-order valence-electron chi connectivity index (χ1n) is 6.83. The molecule has 0 saturated carbocycles. The first kappa shape index (κ1) is 14.9. The molecule has 4 nitrogen and oxygen atoms in total. The van der Waals surface area contributed by atoms with Crippen LogP contribution in [-0.4, -0.2) is 10.8 Å². The molecule has 0 radical (unpaired) electrons. The predicted octanol–water partition coefficient (Wildman–Crippen LogP) is 4.57. The van der Waals surface area contributed by atoms with Crippen LogP contribution in [0.4, 0.5) is 20.5 Å². The largest absolute Gasteiger partial charge is 0.423 e. The maximum Gasteiger partial charge on any atom is 0.299 e. The van der Waals surface area contributed by atoms with E-state index in [2.05, 4.69) is 10.3 Å². The summed E-state index contributed by atoms with van der Waals surface area (Å²) in [7, 11) is 0. The van der Waals surface area contributed by atoms with E-state index in [0.29, 0.717) is 16.9 Å². The number of benzene rings is 2. The molecule has 0 spiro atoms. The molecule has 1 aromatic heterocycles. The number of Topliss-reactive ketones (excluding diaryl/α,β-unsaturated/α-hetero) is 1. The van der Waals surface area contributed by atoms with Gasteiger partial charge in [-0.05, 0) is 25.1 Å². The van der Waals surface area contributed by atoms with Gasteiger partial charge in [-0.15, -0.1) is 0 Å². The highest BCUT2D eigenvalue weighted by Crippen LogP contribution is 2.26. The summed E-state index contributed by atoms with van der Waals surface area (Å²) in [4.78, 5) is 15.4. The van der Waals surface area contributed by atoms with Gasteiger partial charge in [0.2, 0.25) is 0 Å². The molecule has 0 fully saturated rings. The van der Waals surface area contributed by atoms with Crippen LogP contribution >= 0.6 is 0 Å². The maximum atomic E-state index is 13.6. The van der Waals surface area contributed by atoms with Gasteiger partial charge in [-0.25, -0.2) is 13.8 Å². The number of nitrogens with zero attached hydrogens (tertiary/aromatic N) is 1. The van der Waals surface area contributed by atoms with E-state index < -0.39 is 11.6 Å². The molecule has 0 atom stereocenters. The number of oxazole rings is 1. The van der Waals surface area contributed by atoms with Crippen molar-refractivity contribution in [1.82, 2.24) is 4.98 Å². The van der Waals surface area contributed by atoms with Crippen LogP contribution in [-0.2, 0) is 0 Å². The normalized spacial score (nSPS) is 10.6. The van der Waals surface area contributed by atoms with Crippen LogP contribution in [0.3, 0.4) is 0 Å². The van der Waals surface area contributed by atoms with Crippen molar-refractivity contribution in [2.24, 2.45) is 0 Å². The first-order chi connectivity index (χ1) is 11.0. The zero-order valence-corrected chi connectivity index (χ0v) is 12.1. The lowest BCUT2D eigenvalue weighted by molar-refractivity contribution is 0.101. The second kappa shape index (κ2) is 6.00. The highest BCUT2D eigenvalue weighted by Gasteiger charge is 2.12. The van der Waals surface area contributed by atoms with Gasteiger partial charge in [0.25, 0.3) is 6.01 Å².